The van der Waals surface area contributed by atoms with Crippen LogP contribution in [0.2, 0.25) is 0 Å². The molecule has 6 nitrogen and oxygen atoms in total. The van der Waals surface area contributed by atoms with Gasteiger partial charge >= 0.3 is 0 Å². The Morgan fingerprint density at radius 2 is 1.76 bits per heavy atom. The van der Waals surface area contributed by atoms with Crippen molar-refractivity contribution in [1.82, 2.24) is 9.78 Å². The highest BCUT2D eigenvalue weighted by Gasteiger charge is 2.21. The Balaban J connectivity index is 1.61. The Kier molecular flexibility index (Phi) is 5.26. The number of nitrogens with one attached hydrogen (secondary N) is 1. The van der Waals surface area contributed by atoms with Gasteiger partial charge in [-0.25, -0.2) is 13.5 Å². The van der Waals surface area contributed by atoms with Crippen LogP contribution in [0.25, 0.3) is 5.69 Å². The first-order valence-corrected chi connectivity index (χ1v) is 9.28. The molecule has 3 aromatic rings. The summed E-state index contributed by atoms with van der Waals surface area (Å²) in [5.74, 6) is -1.95. The molecule has 0 saturated carbocycles. The molecule has 1 aliphatic rings. The Hall–Kier alpha value is -3.26. The number of nitrogens with zero attached hydrogens (tertiary/aromatic N) is 3. The fraction of sp³-hybridized carbons (Fsp3) is 0.238. The predicted octanol–water partition coefficient (Wildman–Crippen LogP) is 3.55. The predicted molar refractivity (Wildman–Crippen MR) is 106 cm³/mol. The van der Waals surface area contributed by atoms with Crippen molar-refractivity contribution in [2.75, 3.05) is 36.5 Å². The highest BCUT2D eigenvalue weighted by molar-refractivity contribution is 6.05. The first-order valence-electron chi connectivity index (χ1n) is 9.28. The molecule has 1 saturated heterocycles. The quantitative estimate of drug-likeness (QED) is 0.730. The van der Waals surface area contributed by atoms with Gasteiger partial charge in [-0.3, -0.25) is 4.79 Å². The van der Waals surface area contributed by atoms with Gasteiger partial charge in [0.05, 0.1) is 24.6 Å². The molecule has 150 valence electrons. The first kappa shape index (κ1) is 19.1. The van der Waals surface area contributed by atoms with Crippen molar-refractivity contribution in [2.24, 2.45) is 0 Å². The largest absolute Gasteiger partial charge is 0.378 e. The molecule has 0 spiro atoms. The zero-order chi connectivity index (χ0) is 20.4. The Morgan fingerprint density at radius 1 is 1.07 bits per heavy atom. The number of benzene rings is 2. The number of rotatable bonds is 4. The fourth-order valence-electron chi connectivity index (χ4n) is 3.35. The summed E-state index contributed by atoms with van der Waals surface area (Å²) < 4.78 is 34.6. The van der Waals surface area contributed by atoms with E-state index < -0.39 is 17.5 Å². The lowest BCUT2D eigenvalue weighted by Gasteiger charge is -2.30. The van der Waals surface area contributed by atoms with E-state index in [4.69, 9.17) is 4.74 Å². The van der Waals surface area contributed by atoms with Gasteiger partial charge in [0.15, 0.2) is 17.3 Å². The summed E-state index contributed by atoms with van der Waals surface area (Å²) in [6.45, 7) is 4.38. The molecule has 0 atom stereocenters. The summed E-state index contributed by atoms with van der Waals surface area (Å²) >= 11 is 0. The van der Waals surface area contributed by atoms with Crippen molar-refractivity contribution in [1.29, 1.82) is 0 Å². The lowest BCUT2D eigenvalue weighted by Crippen LogP contribution is -2.36. The maximum absolute atomic E-state index is 14.1. The monoisotopic (exact) mass is 398 g/mol. The number of halogens is 2. The number of amides is 1. The molecule has 1 N–H and O–H groups in total. The topological polar surface area (TPSA) is 59.4 Å². The number of para-hydroxylation sites is 3. The van der Waals surface area contributed by atoms with E-state index in [0.29, 0.717) is 24.5 Å². The van der Waals surface area contributed by atoms with Crippen LogP contribution in [0.15, 0.2) is 48.7 Å². The van der Waals surface area contributed by atoms with E-state index in [0.717, 1.165) is 35.6 Å². The zero-order valence-electron chi connectivity index (χ0n) is 15.9. The molecule has 2 aromatic carbocycles. The maximum Gasteiger partial charge on any atom is 0.276 e. The van der Waals surface area contributed by atoms with Crippen LogP contribution in [0.1, 0.15) is 16.1 Å². The van der Waals surface area contributed by atoms with Crippen LogP contribution in [-0.2, 0) is 4.74 Å². The molecule has 0 aliphatic carbocycles. The number of carbonyl (C=O) groups excluding carboxylic acids is 1. The number of morpholine rings is 1. The number of anilines is 2. The SMILES string of the molecule is Cc1cn(-c2c(F)cccc2F)nc1C(=O)Nc1ccccc1N1CCOCC1. The molecule has 1 amide bonds. The molecular weight excluding hydrogens is 378 g/mol. The van der Waals surface area contributed by atoms with E-state index in [1.807, 2.05) is 24.3 Å². The third-order valence-corrected chi connectivity index (χ3v) is 4.78. The van der Waals surface area contributed by atoms with Crippen LogP contribution in [0, 0.1) is 18.6 Å². The number of aryl methyl sites for hydroxylation is 1. The van der Waals surface area contributed by atoms with Crippen LogP contribution < -0.4 is 10.2 Å². The lowest BCUT2D eigenvalue weighted by atomic mass is 10.2. The summed E-state index contributed by atoms with van der Waals surface area (Å²) in [6, 6.07) is 11.1. The van der Waals surface area contributed by atoms with Crippen molar-refractivity contribution in [3.8, 4) is 5.69 Å². The third kappa shape index (κ3) is 3.84. The zero-order valence-corrected chi connectivity index (χ0v) is 15.9. The van der Waals surface area contributed by atoms with Gasteiger partial charge in [0, 0.05) is 24.8 Å². The highest BCUT2D eigenvalue weighted by Crippen LogP contribution is 2.27. The summed E-state index contributed by atoms with van der Waals surface area (Å²) in [6.07, 6.45) is 1.43. The Labute approximate surface area is 166 Å². The Morgan fingerprint density at radius 3 is 2.48 bits per heavy atom. The van der Waals surface area contributed by atoms with Gasteiger partial charge in [0.1, 0.15) is 5.69 Å². The molecule has 0 bridgehead atoms. The van der Waals surface area contributed by atoms with Gasteiger partial charge in [-0.2, -0.15) is 5.10 Å². The van der Waals surface area contributed by atoms with Crippen molar-refractivity contribution >= 4 is 17.3 Å². The van der Waals surface area contributed by atoms with Crippen molar-refractivity contribution < 1.29 is 18.3 Å². The molecule has 4 rings (SSSR count). The number of hydrogen-bond donors (Lipinski definition) is 1. The second-order valence-corrected chi connectivity index (χ2v) is 6.75. The molecule has 1 aliphatic heterocycles. The average molecular weight is 398 g/mol. The molecule has 8 heteroatoms. The molecule has 0 radical (unpaired) electrons. The maximum atomic E-state index is 14.1. The molecular formula is C21H20F2N4O2. The highest BCUT2D eigenvalue weighted by atomic mass is 19.1. The van der Waals surface area contributed by atoms with Crippen molar-refractivity contribution in [3.05, 3.63) is 71.6 Å². The van der Waals surface area contributed by atoms with Crippen LogP contribution in [0.3, 0.4) is 0 Å². The minimum absolute atomic E-state index is 0.101. The molecule has 1 fully saturated rings. The number of carbonyl (C=O) groups is 1. The van der Waals surface area contributed by atoms with E-state index in [2.05, 4.69) is 15.3 Å². The third-order valence-electron chi connectivity index (χ3n) is 4.78. The van der Waals surface area contributed by atoms with E-state index in [9.17, 15) is 13.6 Å². The molecule has 1 aromatic heterocycles. The number of aromatic nitrogens is 2. The van der Waals surface area contributed by atoms with E-state index in [1.165, 1.54) is 12.3 Å². The van der Waals surface area contributed by atoms with E-state index in [1.54, 1.807) is 6.92 Å². The molecule has 2 heterocycles. The van der Waals surface area contributed by atoms with Crippen LogP contribution in [0.5, 0.6) is 0 Å². The van der Waals surface area contributed by atoms with Crippen LogP contribution in [0.4, 0.5) is 20.2 Å². The van der Waals surface area contributed by atoms with Gasteiger partial charge < -0.3 is 15.0 Å². The second-order valence-electron chi connectivity index (χ2n) is 6.75. The van der Waals surface area contributed by atoms with Gasteiger partial charge in [-0.15, -0.1) is 0 Å². The second kappa shape index (κ2) is 8.00. The summed E-state index contributed by atoms with van der Waals surface area (Å²) in [4.78, 5) is 15.0. The summed E-state index contributed by atoms with van der Waals surface area (Å²) in [5, 5.41) is 7.01. The van der Waals surface area contributed by atoms with Crippen LogP contribution >= 0.6 is 0 Å². The van der Waals surface area contributed by atoms with Crippen LogP contribution in [-0.4, -0.2) is 42.0 Å². The van der Waals surface area contributed by atoms with Crippen molar-refractivity contribution in [2.45, 2.75) is 6.92 Å². The van der Waals surface area contributed by atoms with Gasteiger partial charge in [0.2, 0.25) is 0 Å². The van der Waals surface area contributed by atoms with E-state index in [-0.39, 0.29) is 11.4 Å². The van der Waals surface area contributed by atoms with Crippen molar-refractivity contribution in [3.63, 3.8) is 0 Å². The summed E-state index contributed by atoms with van der Waals surface area (Å²) in [5.41, 5.74) is 1.83. The lowest BCUT2D eigenvalue weighted by molar-refractivity contribution is 0.102. The van der Waals surface area contributed by atoms with Gasteiger partial charge in [-0.1, -0.05) is 18.2 Å². The van der Waals surface area contributed by atoms with Gasteiger partial charge in [0.25, 0.3) is 5.91 Å². The van der Waals surface area contributed by atoms with E-state index >= 15 is 0 Å². The summed E-state index contributed by atoms with van der Waals surface area (Å²) in [7, 11) is 0. The average Bonchev–Trinajstić information content (AvgIpc) is 3.10. The van der Waals surface area contributed by atoms with Gasteiger partial charge in [-0.05, 0) is 31.2 Å². The number of ether oxygens (including phenoxy) is 1. The minimum Gasteiger partial charge on any atom is -0.378 e. The molecule has 29 heavy (non-hydrogen) atoms. The first-order chi connectivity index (χ1) is 14.0. The minimum atomic E-state index is -0.753. The normalized spacial score (nSPS) is 14.1. The Bertz CT molecular complexity index is 1020. The fourth-order valence-corrected chi connectivity index (χ4v) is 3.35. The smallest absolute Gasteiger partial charge is 0.276 e. The standard InChI is InChI=1S/C21H20F2N4O2/c1-14-13-27(20-15(22)5-4-6-16(20)23)25-19(14)21(28)24-17-7-2-3-8-18(17)26-9-11-29-12-10-26/h2-8,13H,9-12H2,1H3,(H,24,28). The molecule has 0 unspecified atom stereocenters. The number of hydrogen-bond acceptors (Lipinski definition) is 4.